The highest BCUT2D eigenvalue weighted by Gasteiger charge is 2.04. The fourth-order valence-electron chi connectivity index (χ4n) is 5.30. The van der Waals surface area contributed by atoms with Crippen LogP contribution in [0.1, 0.15) is 195 Å². The molecule has 0 bridgehead atoms. The lowest BCUT2D eigenvalue weighted by atomic mass is 9.98. The molecule has 0 aliphatic heterocycles. The predicted molar refractivity (Wildman–Crippen MR) is 164 cm³/mol. The number of rotatable bonds is 28. The van der Waals surface area contributed by atoms with Crippen LogP contribution < -0.4 is 0 Å². The van der Waals surface area contributed by atoms with E-state index in [0.29, 0.717) is 0 Å². The van der Waals surface area contributed by atoms with E-state index in [1.54, 1.807) is 0 Å². The molecule has 0 fully saturated rings. The summed E-state index contributed by atoms with van der Waals surface area (Å²) < 4.78 is 0. The van der Waals surface area contributed by atoms with E-state index in [9.17, 15) is 4.79 Å². The van der Waals surface area contributed by atoms with Crippen LogP contribution in [0.3, 0.4) is 0 Å². The van der Waals surface area contributed by atoms with Crippen LogP contribution in [0.2, 0.25) is 0 Å². The molecule has 1 nitrogen and oxygen atoms in total. The third-order valence-corrected chi connectivity index (χ3v) is 7.54. The van der Waals surface area contributed by atoms with Gasteiger partial charge in [0.2, 0.25) is 0 Å². The summed E-state index contributed by atoms with van der Waals surface area (Å²) in [7, 11) is 0. The minimum atomic E-state index is 0.251. The number of hydrogen-bond acceptors (Lipinski definition) is 1. The van der Waals surface area contributed by atoms with Crippen LogP contribution in [0.15, 0.2) is 23.3 Å². The molecule has 0 aliphatic carbocycles. The van der Waals surface area contributed by atoms with Gasteiger partial charge < -0.3 is 0 Å². The van der Waals surface area contributed by atoms with E-state index in [1.807, 2.05) is 12.2 Å². The molecule has 0 saturated heterocycles. The molecule has 0 aliphatic rings. The second-order valence-electron chi connectivity index (χ2n) is 11.4. The lowest BCUT2D eigenvalue weighted by molar-refractivity contribution is -0.110. The summed E-state index contributed by atoms with van der Waals surface area (Å²) in [5, 5.41) is 0. The van der Waals surface area contributed by atoms with Gasteiger partial charge in [-0.1, -0.05) is 167 Å². The monoisotopic (exact) mass is 503 g/mol. The van der Waals surface area contributed by atoms with Crippen molar-refractivity contribution in [1.82, 2.24) is 0 Å². The van der Waals surface area contributed by atoms with Crippen molar-refractivity contribution in [1.29, 1.82) is 0 Å². The van der Waals surface area contributed by atoms with Gasteiger partial charge in [-0.15, -0.1) is 0 Å². The van der Waals surface area contributed by atoms with Gasteiger partial charge in [0.1, 0.15) is 0 Å². The number of allylic oxidation sites excluding steroid dienone is 4. The Hall–Kier alpha value is -0.850. The van der Waals surface area contributed by atoms with Crippen molar-refractivity contribution in [2.24, 2.45) is 0 Å². The van der Waals surface area contributed by atoms with Gasteiger partial charge in [0.25, 0.3) is 0 Å². The minimum Gasteiger partial charge on any atom is -0.290 e. The fraction of sp³-hybridized carbons (Fsp3) is 0.857. The molecule has 0 amide bonds. The molecule has 212 valence electrons. The zero-order valence-corrected chi connectivity index (χ0v) is 25.4. The van der Waals surface area contributed by atoms with Gasteiger partial charge in [0.15, 0.2) is 5.78 Å². The summed E-state index contributed by atoms with van der Waals surface area (Å²) in [6.07, 6.45) is 38.1. The smallest absolute Gasteiger partial charge is 0.178 e. The van der Waals surface area contributed by atoms with Crippen LogP contribution in [-0.2, 0) is 4.79 Å². The van der Waals surface area contributed by atoms with Crippen LogP contribution >= 0.6 is 0 Å². The second kappa shape index (κ2) is 28.7. The molecule has 0 heterocycles. The summed E-state index contributed by atoms with van der Waals surface area (Å²) in [6.45, 7) is 9.05. The van der Waals surface area contributed by atoms with E-state index in [-0.39, 0.29) is 5.78 Å². The maximum Gasteiger partial charge on any atom is 0.178 e. The first-order chi connectivity index (χ1) is 17.7. The Morgan fingerprint density at radius 3 is 0.917 bits per heavy atom. The van der Waals surface area contributed by atoms with Gasteiger partial charge in [0.05, 0.1) is 0 Å². The van der Waals surface area contributed by atoms with Crippen molar-refractivity contribution >= 4 is 5.78 Å². The van der Waals surface area contributed by atoms with E-state index in [2.05, 4.69) is 27.7 Å². The number of ketones is 1. The van der Waals surface area contributed by atoms with E-state index in [4.69, 9.17) is 0 Å². The first-order valence-corrected chi connectivity index (χ1v) is 16.6. The van der Waals surface area contributed by atoms with Crippen LogP contribution in [0.4, 0.5) is 0 Å². The predicted octanol–water partition coefficient (Wildman–Crippen LogP) is 12.6. The van der Waals surface area contributed by atoms with Gasteiger partial charge in [-0.25, -0.2) is 0 Å². The average molecular weight is 503 g/mol. The Morgan fingerprint density at radius 2 is 0.639 bits per heavy atom. The lowest BCUT2D eigenvalue weighted by Crippen LogP contribution is -1.96. The zero-order valence-electron chi connectivity index (χ0n) is 25.4. The number of carbonyl (C=O) groups excluding carboxylic acids is 1. The van der Waals surface area contributed by atoms with E-state index < -0.39 is 0 Å². The molecule has 0 spiro atoms. The summed E-state index contributed by atoms with van der Waals surface area (Å²) in [5.41, 5.74) is 2.77. The van der Waals surface area contributed by atoms with Gasteiger partial charge >= 0.3 is 0 Å². The second-order valence-corrected chi connectivity index (χ2v) is 11.4. The molecule has 0 unspecified atom stereocenters. The largest absolute Gasteiger partial charge is 0.290 e. The summed E-state index contributed by atoms with van der Waals surface area (Å²) in [4.78, 5) is 12.8. The number of unbranched alkanes of at least 4 members (excludes halogenated alkanes) is 18. The van der Waals surface area contributed by atoms with Crippen LogP contribution in [0.5, 0.6) is 0 Å². The first kappa shape index (κ1) is 35.2. The normalized spacial score (nSPS) is 12.4. The van der Waals surface area contributed by atoms with Gasteiger partial charge in [0, 0.05) is 0 Å². The van der Waals surface area contributed by atoms with Gasteiger partial charge in [-0.05, 0) is 50.7 Å². The maximum absolute atomic E-state index is 12.8. The Kier molecular flexibility index (Phi) is 28.0. The van der Waals surface area contributed by atoms with Crippen molar-refractivity contribution in [3.05, 3.63) is 23.3 Å². The average Bonchev–Trinajstić information content (AvgIpc) is 2.86. The molecule has 36 heavy (non-hydrogen) atoms. The van der Waals surface area contributed by atoms with E-state index >= 15 is 0 Å². The Labute approximate surface area is 228 Å². The van der Waals surface area contributed by atoms with Crippen molar-refractivity contribution in [3.8, 4) is 0 Å². The van der Waals surface area contributed by atoms with Crippen molar-refractivity contribution in [2.45, 2.75) is 195 Å². The molecule has 0 aromatic heterocycles. The molecule has 0 atom stereocenters. The third kappa shape index (κ3) is 24.8. The topological polar surface area (TPSA) is 17.1 Å². The molecule has 0 aromatic rings. The Bertz CT molecular complexity index is 481. The highest BCUT2D eigenvalue weighted by atomic mass is 16.1. The molecule has 0 aromatic carbocycles. The zero-order chi connectivity index (χ0) is 26.5. The van der Waals surface area contributed by atoms with Crippen molar-refractivity contribution < 1.29 is 4.79 Å². The fourth-order valence-corrected chi connectivity index (χ4v) is 5.30. The molecule has 0 radical (unpaired) electrons. The SMILES string of the molecule is CCCCCCCCCCCCC(=CC(=O)C=C(CCC)CCCCCCCCCCCC)CCC. The van der Waals surface area contributed by atoms with Crippen molar-refractivity contribution in [3.63, 3.8) is 0 Å². The molecule has 0 N–H and O–H groups in total. The summed E-state index contributed by atoms with van der Waals surface area (Å²) in [5.74, 6) is 0.251. The summed E-state index contributed by atoms with van der Waals surface area (Å²) >= 11 is 0. The van der Waals surface area contributed by atoms with Crippen molar-refractivity contribution in [2.75, 3.05) is 0 Å². The third-order valence-electron chi connectivity index (χ3n) is 7.54. The molecular weight excluding hydrogens is 436 g/mol. The number of carbonyl (C=O) groups is 1. The minimum absolute atomic E-state index is 0.251. The maximum atomic E-state index is 12.8. The van der Waals surface area contributed by atoms with Gasteiger partial charge in [-0.3, -0.25) is 4.79 Å². The van der Waals surface area contributed by atoms with Crippen LogP contribution in [-0.4, -0.2) is 5.78 Å². The highest BCUT2D eigenvalue weighted by molar-refractivity contribution is 6.00. The molecule has 0 rings (SSSR count). The van der Waals surface area contributed by atoms with Gasteiger partial charge in [-0.2, -0.15) is 0 Å². The molecular formula is C35H66O. The quantitative estimate of drug-likeness (QED) is 0.0767. The van der Waals surface area contributed by atoms with E-state index in [0.717, 1.165) is 38.5 Å². The first-order valence-electron chi connectivity index (χ1n) is 16.6. The van der Waals surface area contributed by atoms with Crippen LogP contribution in [0, 0.1) is 0 Å². The molecule has 0 saturated carbocycles. The van der Waals surface area contributed by atoms with E-state index in [1.165, 1.54) is 140 Å². The van der Waals surface area contributed by atoms with Crippen LogP contribution in [0.25, 0.3) is 0 Å². The Balaban J connectivity index is 4.22. The summed E-state index contributed by atoms with van der Waals surface area (Å²) in [6, 6.07) is 0. The lowest BCUT2D eigenvalue weighted by Gasteiger charge is -2.08. The molecule has 1 heteroatoms. The highest BCUT2D eigenvalue weighted by Crippen LogP contribution is 2.20. The Morgan fingerprint density at radius 1 is 0.361 bits per heavy atom. The standard InChI is InChI=1S/C35H66O/c1-5-9-11-13-15-17-19-21-23-25-29-33(27-7-3)31-35(36)32-34(28-8-4)30-26-24-22-20-18-16-14-12-10-6-2/h31-32H,5-30H2,1-4H3. The number of hydrogen-bond donors (Lipinski definition) is 0.